The van der Waals surface area contributed by atoms with Gasteiger partial charge in [0.1, 0.15) is 5.82 Å². The van der Waals surface area contributed by atoms with Gasteiger partial charge in [0.15, 0.2) is 0 Å². The van der Waals surface area contributed by atoms with Crippen LogP contribution in [0.4, 0.5) is 0 Å². The number of hydrogen-bond acceptors (Lipinski definition) is 5. The lowest BCUT2D eigenvalue weighted by Gasteiger charge is -2.25. The van der Waals surface area contributed by atoms with Crippen molar-refractivity contribution in [2.75, 3.05) is 6.54 Å². The Kier molecular flexibility index (Phi) is 5.09. The van der Waals surface area contributed by atoms with Crippen LogP contribution in [-0.4, -0.2) is 36.8 Å². The first-order valence-corrected chi connectivity index (χ1v) is 9.09. The highest BCUT2D eigenvalue weighted by Gasteiger charge is 2.27. The van der Waals surface area contributed by atoms with Crippen molar-refractivity contribution in [1.82, 2.24) is 24.2 Å². The van der Waals surface area contributed by atoms with Crippen LogP contribution in [0.25, 0.3) is 0 Å². The third kappa shape index (κ3) is 3.93. The summed E-state index contributed by atoms with van der Waals surface area (Å²) in [5, 5.41) is 4.59. The fourth-order valence-electron chi connectivity index (χ4n) is 3.33. The smallest absolute Gasteiger partial charge is 0.266 e. The van der Waals surface area contributed by atoms with Crippen molar-refractivity contribution in [2.24, 2.45) is 7.05 Å². The second-order valence-electron chi connectivity index (χ2n) is 8.01. The molecule has 0 radical (unpaired) electrons. The predicted octanol–water partition coefficient (Wildman–Crippen LogP) is 1.30. The van der Waals surface area contributed by atoms with Gasteiger partial charge < -0.3 is 0 Å². The van der Waals surface area contributed by atoms with E-state index in [2.05, 4.69) is 35.8 Å². The van der Waals surface area contributed by atoms with E-state index in [1.165, 1.54) is 6.07 Å². The maximum atomic E-state index is 12.3. The van der Waals surface area contributed by atoms with Crippen molar-refractivity contribution < 1.29 is 0 Å². The first kappa shape index (κ1) is 18.5. The summed E-state index contributed by atoms with van der Waals surface area (Å²) >= 11 is 0. The molecule has 0 saturated carbocycles. The van der Waals surface area contributed by atoms with Gasteiger partial charge in [0, 0.05) is 36.8 Å². The van der Waals surface area contributed by atoms with Gasteiger partial charge in [-0.1, -0.05) is 20.8 Å². The Morgan fingerprint density at radius 1 is 1.15 bits per heavy atom. The summed E-state index contributed by atoms with van der Waals surface area (Å²) in [5.41, 5.74) is 0.683. The number of rotatable bonds is 4. The molecule has 7 nitrogen and oxygen atoms in total. The van der Waals surface area contributed by atoms with Crippen LogP contribution < -0.4 is 11.1 Å². The van der Waals surface area contributed by atoms with E-state index >= 15 is 0 Å². The number of aromatic nitrogens is 4. The Balaban J connectivity index is 1.80. The molecule has 7 heteroatoms. The molecule has 3 rings (SSSR count). The van der Waals surface area contributed by atoms with Crippen LogP contribution in [0.1, 0.15) is 45.1 Å². The van der Waals surface area contributed by atoms with E-state index in [0.29, 0.717) is 13.1 Å². The standard InChI is InChI=1S/C19H27N5O2/c1-19(2,3)15-7-8-18(26)24(21-15)12-14-6-5-11-23(14)13-16-20-10-9-17(25)22(16)4/h7-10,14H,5-6,11-13H2,1-4H3. The molecule has 1 unspecified atom stereocenters. The second-order valence-corrected chi connectivity index (χ2v) is 8.01. The second kappa shape index (κ2) is 7.15. The first-order valence-electron chi connectivity index (χ1n) is 9.09. The highest BCUT2D eigenvalue weighted by Crippen LogP contribution is 2.21. The molecule has 1 fully saturated rings. The molecule has 1 atom stereocenters. The zero-order valence-electron chi connectivity index (χ0n) is 16.0. The normalized spacial score (nSPS) is 18.4. The van der Waals surface area contributed by atoms with E-state index in [9.17, 15) is 9.59 Å². The van der Waals surface area contributed by atoms with E-state index in [1.807, 2.05) is 6.07 Å². The first-order chi connectivity index (χ1) is 12.3. The molecule has 1 saturated heterocycles. The maximum Gasteiger partial charge on any atom is 0.266 e. The van der Waals surface area contributed by atoms with Crippen LogP contribution in [0, 0.1) is 0 Å². The van der Waals surface area contributed by atoms with E-state index in [4.69, 9.17) is 0 Å². The van der Waals surface area contributed by atoms with E-state index in [-0.39, 0.29) is 22.6 Å². The van der Waals surface area contributed by atoms with Crippen molar-refractivity contribution in [3.05, 3.63) is 56.6 Å². The molecule has 0 bridgehead atoms. The van der Waals surface area contributed by atoms with Crippen molar-refractivity contribution in [3.8, 4) is 0 Å². The predicted molar refractivity (Wildman–Crippen MR) is 100 cm³/mol. The average Bonchev–Trinajstić information content (AvgIpc) is 3.00. The summed E-state index contributed by atoms with van der Waals surface area (Å²) < 4.78 is 3.17. The van der Waals surface area contributed by atoms with Gasteiger partial charge in [0.2, 0.25) is 0 Å². The van der Waals surface area contributed by atoms with Crippen LogP contribution in [0.3, 0.4) is 0 Å². The van der Waals surface area contributed by atoms with Gasteiger partial charge in [-0.15, -0.1) is 0 Å². The summed E-state index contributed by atoms with van der Waals surface area (Å²) in [4.78, 5) is 30.7. The molecule has 0 spiro atoms. The van der Waals surface area contributed by atoms with E-state index < -0.39 is 0 Å². The van der Waals surface area contributed by atoms with Gasteiger partial charge >= 0.3 is 0 Å². The topological polar surface area (TPSA) is 73.0 Å². The third-order valence-corrected chi connectivity index (χ3v) is 5.02. The Bertz CT molecular complexity index is 894. The SMILES string of the molecule is Cn1c(CN2CCCC2Cn2nc(C(C)(C)C)ccc2=O)nccc1=O. The molecule has 0 aliphatic carbocycles. The minimum Gasteiger partial charge on any atom is -0.299 e. The number of hydrogen-bond donors (Lipinski definition) is 0. The molecule has 3 heterocycles. The summed E-state index contributed by atoms with van der Waals surface area (Å²) in [6.45, 7) is 8.37. The molecule has 1 aliphatic heterocycles. The Hall–Kier alpha value is -2.28. The van der Waals surface area contributed by atoms with Crippen molar-refractivity contribution in [3.63, 3.8) is 0 Å². The quantitative estimate of drug-likeness (QED) is 0.825. The van der Waals surface area contributed by atoms with Crippen molar-refractivity contribution in [2.45, 2.75) is 58.2 Å². The zero-order valence-corrected chi connectivity index (χ0v) is 16.0. The Morgan fingerprint density at radius 2 is 1.92 bits per heavy atom. The molecule has 0 amide bonds. The number of nitrogens with zero attached hydrogens (tertiary/aromatic N) is 5. The molecular weight excluding hydrogens is 330 g/mol. The average molecular weight is 357 g/mol. The van der Waals surface area contributed by atoms with Crippen LogP contribution >= 0.6 is 0 Å². The molecule has 2 aromatic rings. The molecule has 0 N–H and O–H groups in total. The summed E-state index contributed by atoms with van der Waals surface area (Å²) in [6, 6.07) is 5.10. The molecule has 1 aliphatic rings. The molecule has 140 valence electrons. The van der Waals surface area contributed by atoms with Crippen molar-refractivity contribution in [1.29, 1.82) is 0 Å². The zero-order chi connectivity index (χ0) is 18.9. The monoisotopic (exact) mass is 357 g/mol. The summed E-state index contributed by atoms with van der Waals surface area (Å²) in [7, 11) is 1.74. The lowest BCUT2D eigenvalue weighted by atomic mass is 9.92. The van der Waals surface area contributed by atoms with E-state index in [0.717, 1.165) is 30.9 Å². The van der Waals surface area contributed by atoms with Crippen LogP contribution in [0.5, 0.6) is 0 Å². The molecule has 26 heavy (non-hydrogen) atoms. The van der Waals surface area contributed by atoms with Crippen LogP contribution in [0.15, 0.2) is 34.0 Å². The van der Waals surface area contributed by atoms with Gasteiger partial charge in [0.05, 0.1) is 18.8 Å². The minimum absolute atomic E-state index is 0.0542. The van der Waals surface area contributed by atoms with E-state index in [1.54, 1.807) is 28.6 Å². The summed E-state index contributed by atoms with van der Waals surface area (Å²) in [6.07, 6.45) is 3.63. The highest BCUT2D eigenvalue weighted by molar-refractivity contribution is 5.10. The van der Waals surface area contributed by atoms with Gasteiger partial charge in [-0.3, -0.25) is 19.1 Å². The summed E-state index contributed by atoms with van der Waals surface area (Å²) in [5.74, 6) is 0.744. The largest absolute Gasteiger partial charge is 0.299 e. The van der Waals surface area contributed by atoms with Crippen molar-refractivity contribution >= 4 is 0 Å². The number of likely N-dealkylation sites (tertiary alicyclic amines) is 1. The lowest BCUT2D eigenvalue weighted by Crippen LogP contribution is -2.38. The van der Waals surface area contributed by atoms with Crippen LogP contribution in [-0.2, 0) is 25.6 Å². The minimum atomic E-state index is -0.100. The molecule has 2 aromatic heterocycles. The molecule has 0 aromatic carbocycles. The Morgan fingerprint density at radius 3 is 2.65 bits per heavy atom. The fraction of sp³-hybridized carbons (Fsp3) is 0.579. The fourth-order valence-corrected chi connectivity index (χ4v) is 3.33. The lowest BCUT2D eigenvalue weighted by molar-refractivity contribution is 0.208. The van der Waals surface area contributed by atoms with Crippen LogP contribution in [0.2, 0.25) is 0 Å². The van der Waals surface area contributed by atoms with Gasteiger partial charge in [-0.05, 0) is 25.5 Å². The highest BCUT2D eigenvalue weighted by atomic mass is 16.1. The van der Waals surface area contributed by atoms with Gasteiger partial charge in [0.25, 0.3) is 11.1 Å². The molecular formula is C19H27N5O2. The Labute approximate surface area is 153 Å². The van der Waals surface area contributed by atoms with Gasteiger partial charge in [-0.2, -0.15) is 5.10 Å². The third-order valence-electron chi connectivity index (χ3n) is 5.02. The maximum absolute atomic E-state index is 12.3. The van der Waals surface area contributed by atoms with Gasteiger partial charge in [-0.25, -0.2) is 9.67 Å².